The zero-order valence-corrected chi connectivity index (χ0v) is 12.7. The molecular formula is C16H19N5O2. The summed E-state index contributed by atoms with van der Waals surface area (Å²) >= 11 is 0. The Balaban J connectivity index is 1.46. The highest BCUT2D eigenvalue weighted by Gasteiger charge is 2.25. The quantitative estimate of drug-likeness (QED) is 0.842. The van der Waals surface area contributed by atoms with Gasteiger partial charge in [-0.1, -0.05) is 36.8 Å². The molecule has 0 radical (unpaired) electrons. The van der Waals surface area contributed by atoms with E-state index in [1.165, 1.54) is 11.0 Å². The number of benzene rings is 1. The third-order valence-corrected chi connectivity index (χ3v) is 3.89. The molecule has 2 amide bonds. The zero-order valence-electron chi connectivity index (χ0n) is 12.7. The first kappa shape index (κ1) is 15.2. The molecule has 1 heterocycles. The first-order chi connectivity index (χ1) is 11.2. The van der Waals surface area contributed by atoms with E-state index in [0.29, 0.717) is 6.54 Å². The lowest BCUT2D eigenvalue weighted by Gasteiger charge is -2.23. The number of amides is 2. The summed E-state index contributed by atoms with van der Waals surface area (Å²) in [6.45, 7) is 0.540. The summed E-state index contributed by atoms with van der Waals surface area (Å²) in [5.41, 5.74) is 1.04. The van der Waals surface area contributed by atoms with E-state index in [0.717, 1.165) is 24.8 Å². The van der Waals surface area contributed by atoms with Crippen molar-refractivity contribution in [3.8, 4) is 0 Å². The van der Waals surface area contributed by atoms with Crippen LogP contribution in [0.5, 0.6) is 0 Å². The zero-order chi connectivity index (χ0) is 16.1. The molecule has 1 aliphatic rings. The fraction of sp³-hybridized carbons (Fsp3) is 0.375. The van der Waals surface area contributed by atoms with E-state index in [4.69, 9.17) is 0 Å². The SMILES string of the molecule is O=C(Cn1cnc(NC(=O)C2CCC2)n1)NCc1ccccc1. The second-order valence-corrected chi connectivity index (χ2v) is 5.65. The third-order valence-electron chi connectivity index (χ3n) is 3.89. The number of carbonyl (C=O) groups excluding carboxylic acids is 2. The molecule has 1 aliphatic carbocycles. The number of carbonyl (C=O) groups is 2. The lowest BCUT2D eigenvalue weighted by Crippen LogP contribution is -2.29. The van der Waals surface area contributed by atoms with Crippen molar-refractivity contribution >= 4 is 17.8 Å². The van der Waals surface area contributed by atoms with Gasteiger partial charge in [-0.3, -0.25) is 14.9 Å². The van der Waals surface area contributed by atoms with E-state index in [-0.39, 0.29) is 30.2 Å². The molecule has 7 nitrogen and oxygen atoms in total. The molecular weight excluding hydrogens is 294 g/mol. The Kier molecular flexibility index (Phi) is 4.65. The van der Waals surface area contributed by atoms with Gasteiger partial charge < -0.3 is 5.32 Å². The Labute approximate surface area is 134 Å². The van der Waals surface area contributed by atoms with Crippen molar-refractivity contribution in [1.82, 2.24) is 20.1 Å². The van der Waals surface area contributed by atoms with Crippen molar-refractivity contribution in [2.45, 2.75) is 32.4 Å². The number of nitrogens with zero attached hydrogens (tertiary/aromatic N) is 3. The highest BCUT2D eigenvalue weighted by Crippen LogP contribution is 2.27. The Bertz CT molecular complexity index is 679. The maximum absolute atomic E-state index is 11.9. The molecule has 2 aromatic rings. The topological polar surface area (TPSA) is 88.9 Å². The molecule has 3 rings (SSSR count). The Morgan fingerprint density at radius 1 is 1.22 bits per heavy atom. The second-order valence-electron chi connectivity index (χ2n) is 5.65. The van der Waals surface area contributed by atoms with Crippen LogP contribution in [0.25, 0.3) is 0 Å². The number of anilines is 1. The van der Waals surface area contributed by atoms with Crippen LogP contribution in [0.3, 0.4) is 0 Å². The first-order valence-electron chi connectivity index (χ1n) is 7.71. The van der Waals surface area contributed by atoms with Crippen molar-refractivity contribution in [2.24, 2.45) is 5.92 Å². The highest BCUT2D eigenvalue weighted by molar-refractivity contribution is 5.91. The van der Waals surface area contributed by atoms with Crippen LogP contribution < -0.4 is 10.6 Å². The molecule has 1 saturated carbocycles. The number of rotatable bonds is 6. The van der Waals surface area contributed by atoms with Crippen molar-refractivity contribution in [3.05, 3.63) is 42.2 Å². The maximum atomic E-state index is 11.9. The van der Waals surface area contributed by atoms with Gasteiger partial charge in [0.2, 0.25) is 17.8 Å². The number of hydrogen-bond donors (Lipinski definition) is 2. The monoisotopic (exact) mass is 313 g/mol. The van der Waals surface area contributed by atoms with E-state index < -0.39 is 0 Å². The molecule has 0 aliphatic heterocycles. The van der Waals surface area contributed by atoms with Gasteiger partial charge in [0.05, 0.1) is 0 Å². The predicted octanol–water partition coefficient (Wildman–Crippen LogP) is 1.33. The summed E-state index contributed by atoms with van der Waals surface area (Å²) in [5.74, 6) is 0.132. The van der Waals surface area contributed by atoms with Crippen LogP contribution in [-0.4, -0.2) is 26.6 Å². The van der Waals surface area contributed by atoms with Crippen molar-refractivity contribution in [1.29, 1.82) is 0 Å². The Morgan fingerprint density at radius 2 is 2.00 bits per heavy atom. The van der Waals surface area contributed by atoms with Gasteiger partial charge in [0.25, 0.3) is 0 Å². The minimum absolute atomic E-state index is 0.0393. The fourth-order valence-electron chi connectivity index (χ4n) is 2.31. The largest absolute Gasteiger partial charge is 0.350 e. The van der Waals surface area contributed by atoms with Gasteiger partial charge in [-0.15, -0.1) is 5.10 Å². The molecule has 120 valence electrons. The summed E-state index contributed by atoms with van der Waals surface area (Å²) in [7, 11) is 0. The molecule has 7 heteroatoms. The van der Waals surface area contributed by atoms with E-state index in [2.05, 4.69) is 20.7 Å². The van der Waals surface area contributed by atoms with Gasteiger partial charge in [0, 0.05) is 12.5 Å². The molecule has 0 spiro atoms. The van der Waals surface area contributed by atoms with Crippen LogP contribution in [0.4, 0.5) is 5.95 Å². The molecule has 2 N–H and O–H groups in total. The standard InChI is InChI=1S/C16H19N5O2/c22-14(17-9-12-5-2-1-3-6-12)10-21-11-18-16(20-21)19-15(23)13-7-4-8-13/h1-3,5-6,11,13H,4,7-10H2,(H,17,22)(H,19,20,23). The van der Waals surface area contributed by atoms with Gasteiger partial charge in [-0.25, -0.2) is 9.67 Å². The molecule has 1 fully saturated rings. The second kappa shape index (κ2) is 7.04. The van der Waals surface area contributed by atoms with E-state index >= 15 is 0 Å². The summed E-state index contributed by atoms with van der Waals surface area (Å²) < 4.78 is 1.41. The van der Waals surface area contributed by atoms with Gasteiger partial charge in [-0.2, -0.15) is 0 Å². The summed E-state index contributed by atoms with van der Waals surface area (Å²) in [6, 6.07) is 9.68. The van der Waals surface area contributed by atoms with E-state index in [1.54, 1.807) is 0 Å². The van der Waals surface area contributed by atoms with Crippen molar-refractivity contribution in [3.63, 3.8) is 0 Å². The van der Waals surface area contributed by atoms with Gasteiger partial charge in [-0.05, 0) is 18.4 Å². The lowest BCUT2D eigenvalue weighted by molar-refractivity contribution is -0.122. The van der Waals surface area contributed by atoms with Crippen LogP contribution in [0, 0.1) is 5.92 Å². The lowest BCUT2D eigenvalue weighted by atomic mass is 9.85. The summed E-state index contributed by atoms with van der Waals surface area (Å²) in [4.78, 5) is 27.7. The van der Waals surface area contributed by atoms with Crippen LogP contribution in [0.2, 0.25) is 0 Å². The predicted molar refractivity (Wildman–Crippen MR) is 84.3 cm³/mol. The smallest absolute Gasteiger partial charge is 0.248 e. The average Bonchev–Trinajstić information content (AvgIpc) is 2.91. The van der Waals surface area contributed by atoms with Crippen molar-refractivity contribution < 1.29 is 9.59 Å². The van der Waals surface area contributed by atoms with Crippen LogP contribution in [0.15, 0.2) is 36.7 Å². The van der Waals surface area contributed by atoms with Gasteiger partial charge in [0.15, 0.2) is 0 Å². The molecule has 0 unspecified atom stereocenters. The van der Waals surface area contributed by atoms with Crippen LogP contribution in [0.1, 0.15) is 24.8 Å². The number of hydrogen-bond acceptors (Lipinski definition) is 4. The molecule has 1 aromatic carbocycles. The van der Waals surface area contributed by atoms with E-state index in [9.17, 15) is 9.59 Å². The Hall–Kier alpha value is -2.70. The number of nitrogens with one attached hydrogen (secondary N) is 2. The molecule has 23 heavy (non-hydrogen) atoms. The normalized spacial score (nSPS) is 14.1. The Morgan fingerprint density at radius 3 is 2.70 bits per heavy atom. The summed E-state index contributed by atoms with van der Waals surface area (Å²) in [6.07, 6.45) is 4.39. The van der Waals surface area contributed by atoms with Gasteiger partial charge >= 0.3 is 0 Å². The highest BCUT2D eigenvalue weighted by atomic mass is 16.2. The molecule has 0 bridgehead atoms. The van der Waals surface area contributed by atoms with Gasteiger partial charge in [0.1, 0.15) is 12.9 Å². The summed E-state index contributed by atoms with van der Waals surface area (Å²) in [5, 5.41) is 9.60. The maximum Gasteiger partial charge on any atom is 0.248 e. The van der Waals surface area contributed by atoms with Crippen LogP contribution in [-0.2, 0) is 22.7 Å². The minimum Gasteiger partial charge on any atom is -0.350 e. The third kappa shape index (κ3) is 4.15. The first-order valence-corrected chi connectivity index (χ1v) is 7.71. The molecule has 0 saturated heterocycles. The molecule has 0 atom stereocenters. The average molecular weight is 313 g/mol. The van der Waals surface area contributed by atoms with E-state index in [1.807, 2.05) is 30.3 Å². The van der Waals surface area contributed by atoms with Crippen molar-refractivity contribution in [2.75, 3.05) is 5.32 Å². The molecule has 1 aromatic heterocycles. The minimum atomic E-state index is -0.157. The number of aromatic nitrogens is 3. The van der Waals surface area contributed by atoms with Crippen LogP contribution >= 0.6 is 0 Å². The fourth-order valence-corrected chi connectivity index (χ4v) is 2.31.